The van der Waals surface area contributed by atoms with Crippen molar-refractivity contribution in [1.29, 1.82) is 0 Å². The number of halogens is 2. The molecular weight excluding hydrogens is 367 g/mol. The molecule has 0 saturated carbocycles. The van der Waals surface area contributed by atoms with E-state index >= 15 is 0 Å². The van der Waals surface area contributed by atoms with Gasteiger partial charge in [-0.3, -0.25) is 9.89 Å². The molecule has 8 heteroatoms. The van der Waals surface area contributed by atoms with Crippen LogP contribution in [0.15, 0.2) is 41.5 Å². The second-order valence-corrected chi connectivity index (χ2v) is 7.01. The third-order valence-electron chi connectivity index (χ3n) is 3.18. The Morgan fingerprint density at radius 3 is 2.71 bits per heavy atom. The summed E-state index contributed by atoms with van der Waals surface area (Å²) in [7, 11) is 0. The molecule has 0 saturated heterocycles. The van der Waals surface area contributed by atoms with Crippen molar-refractivity contribution in [3.63, 3.8) is 0 Å². The van der Waals surface area contributed by atoms with E-state index in [2.05, 4.69) is 20.7 Å². The Hall–Kier alpha value is -2.15. The zero-order valence-electron chi connectivity index (χ0n) is 12.5. The normalized spacial score (nSPS) is 11.1. The number of nitrogens with zero attached hydrogens (tertiary/aromatic N) is 2. The first-order valence-electron chi connectivity index (χ1n) is 6.94. The predicted molar refractivity (Wildman–Crippen MR) is 98.2 cm³/mol. The van der Waals surface area contributed by atoms with Crippen LogP contribution in [0.4, 0.5) is 0 Å². The quantitative estimate of drug-likeness (QED) is 0.517. The first-order chi connectivity index (χ1) is 11.5. The fourth-order valence-corrected chi connectivity index (χ4v) is 3.32. The van der Waals surface area contributed by atoms with Crippen molar-refractivity contribution >= 4 is 46.7 Å². The fraction of sp³-hybridized carbons (Fsp3) is 0.0625. The number of hydrazone groups is 1. The van der Waals surface area contributed by atoms with E-state index in [1.54, 1.807) is 35.6 Å². The molecule has 0 spiro atoms. The van der Waals surface area contributed by atoms with Gasteiger partial charge in [-0.25, -0.2) is 5.43 Å². The first kappa shape index (κ1) is 16.7. The number of benzene rings is 1. The van der Waals surface area contributed by atoms with Crippen LogP contribution in [0.2, 0.25) is 10.0 Å². The van der Waals surface area contributed by atoms with Gasteiger partial charge in [0.05, 0.1) is 26.8 Å². The second kappa shape index (κ2) is 7.17. The van der Waals surface area contributed by atoms with Gasteiger partial charge < -0.3 is 0 Å². The number of nitrogens with one attached hydrogen (secondary N) is 2. The van der Waals surface area contributed by atoms with Gasteiger partial charge in [-0.15, -0.1) is 11.3 Å². The van der Waals surface area contributed by atoms with Crippen molar-refractivity contribution in [1.82, 2.24) is 15.6 Å². The Morgan fingerprint density at radius 2 is 2.04 bits per heavy atom. The number of aromatic nitrogens is 2. The lowest BCUT2D eigenvalue weighted by molar-refractivity contribution is 0.0950. The number of hydrogen-bond donors (Lipinski definition) is 2. The van der Waals surface area contributed by atoms with E-state index in [4.69, 9.17) is 23.2 Å². The van der Waals surface area contributed by atoms with Crippen molar-refractivity contribution < 1.29 is 4.79 Å². The summed E-state index contributed by atoms with van der Waals surface area (Å²) in [4.78, 5) is 14.3. The van der Waals surface area contributed by atoms with Crippen LogP contribution < -0.4 is 5.43 Å². The monoisotopic (exact) mass is 378 g/mol. The number of rotatable bonds is 4. The summed E-state index contributed by atoms with van der Waals surface area (Å²) in [6.45, 7) is 2.02. The number of aryl methyl sites for hydroxylation is 1. The Bertz CT molecular complexity index is 896. The summed E-state index contributed by atoms with van der Waals surface area (Å²) in [5.74, 6) is -0.426. The Balaban J connectivity index is 1.70. The van der Waals surface area contributed by atoms with Crippen LogP contribution in [0, 0.1) is 6.92 Å². The lowest BCUT2D eigenvalue weighted by Crippen LogP contribution is -2.18. The Morgan fingerprint density at radius 1 is 1.29 bits per heavy atom. The largest absolute Gasteiger partial charge is 0.291 e. The van der Waals surface area contributed by atoms with Crippen molar-refractivity contribution in [3.05, 3.63) is 62.6 Å². The molecule has 2 heterocycles. The molecular formula is C16H12Cl2N4OS. The number of carbonyl (C=O) groups is 1. The van der Waals surface area contributed by atoms with E-state index < -0.39 is 5.91 Å². The van der Waals surface area contributed by atoms with Crippen LogP contribution >= 0.6 is 34.5 Å². The van der Waals surface area contributed by atoms with E-state index in [1.807, 2.05) is 19.1 Å². The number of thiophene rings is 1. The zero-order chi connectivity index (χ0) is 17.1. The molecule has 0 aliphatic carbocycles. The second-order valence-electron chi connectivity index (χ2n) is 4.91. The summed E-state index contributed by atoms with van der Waals surface area (Å²) in [6.07, 6.45) is 1.40. The molecule has 0 unspecified atom stereocenters. The lowest BCUT2D eigenvalue weighted by Gasteiger charge is -2.00. The Labute approximate surface area is 152 Å². The van der Waals surface area contributed by atoms with Crippen LogP contribution in [0.5, 0.6) is 0 Å². The zero-order valence-corrected chi connectivity index (χ0v) is 14.8. The molecule has 3 rings (SSSR count). The molecule has 1 aromatic carbocycles. The molecule has 0 radical (unpaired) electrons. The van der Waals surface area contributed by atoms with Crippen LogP contribution in [-0.2, 0) is 0 Å². The molecule has 0 atom stereocenters. The molecule has 3 aromatic rings. The number of carbonyl (C=O) groups excluding carboxylic acids is 1. The average molecular weight is 379 g/mol. The van der Waals surface area contributed by atoms with Crippen molar-refractivity contribution in [2.24, 2.45) is 5.10 Å². The van der Waals surface area contributed by atoms with Gasteiger partial charge in [0.15, 0.2) is 5.69 Å². The molecule has 0 aliphatic rings. The van der Waals surface area contributed by atoms with Crippen LogP contribution in [0.1, 0.15) is 20.9 Å². The lowest BCUT2D eigenvalue weighted by atomic mass is 10.2. The van der Waals surface area contributed by atoms with Crippen molar-refractivity contribution in [3.8, 4) is 10.6 Å². The Kier molecular flexibility index (Phi) is 4.99. The van der Waals surface area contributed by atoms with Gasteiger partial charge in [0, 0.05) is 10.4 Å². The molecule has 0 bridgehead atoms. The van der Waals surface area contributed by atoms with E-state index in [0.29, 0.717) is 15.6 Å². The molecule has 24 heavy (non-hydrogen) atoms. The maximum absolute atomic E-state index is 12.1. The highest BCUT2D eigenvalue weighted by Gasteiger charge is 2.12. The summed E-state index contributed by atoms with van der Waals surface area (Å²) in [6, 6.07) is 10.8. The highest BCUT2D eigenvalue weighted by atomic mass is 35.5. The topological polar surface area (TPSA) is 70.1 Å². The van der Waals surface area contributed by atoms with Crippen molar-refractivity contribution in [2.75, 3.05) is 0 Å². The van der Waals surface area contributed by atoms with Gasteiger partial charge in [0.1, 0.15) is 0 Å². The SMILES string of the molecule is Cc1ccc(-c2cc(C(=O)NN=Cc3c(Cl)cccc3Cl)n[nH]2)s1. The van der Waals surface area contributed by atoms with E-state index in [-0.39, 0.29) is 5.69 Å². The molecule has 5 nitrogen and oxygen atoms in total. The van der Waals surface area contributed by atoms with E-state index in [1.165, 1.54) is 11.1 Å². The highest BCUT2D eigenvalue weighted by Crippen LogP contribution is 2.26. The van der Waals surface area contributed by atoms with Gasteiger partial charge in [-0.1, -0.05) is 29.3 Å². The van der Waals surface area contributed by atoms with Crippen molar-refractivity contribution in [2.45, 2.75) is 6.92 Å². The summed E-state index contributed by atoms with van der Waals surface area (Å²) in [5.41, 5.74) is 3.98. The van der Waals surface area contributed by atoms with Gasteiger partial charge in [-0.05, 0) is 37.3 Å². The highest BCUT2D eigenvalue weighted by molar-refractivity contribution is 7.15. The minimum Gasteiger partial charge on any atom is -0.276 e. The van der Waals surface area contributed by atoms with Crippen LogP contribution in [-0.4, -0.2) is 22.3 Å². The average Bonchev–Trinajstić information content (AvgIpc) is 3.19. The minimum absolute atomic E-state index is 0.249. The summed E-state index contributed by atoms with van der Waals surface area (Å²) < 4.78 is 0. The van der Waals surface area contributed by atoms with Crippen LogP contribution in [0.25, 0.3) is 10.6 Å². The van der Waals surface area contributed by atoms with Gasteiger partial charge >= 0.3 is 0 Å². The third kappa shape index (κ3) is 3.67. The van der Waals surface area contributed by atoms with Gasteiger partial charge in [-0.2, -0.15) is 10.2 Å². The minimum atomic E-state index is -0.426. The molecule has 122 valence electrons. The molecule has 2 aromatic heterocycles. The maximum Gasteiger partial charge on any atom is 0.291 e. The summed E-state index contributed by atoms with van der Waals surface area (Å²) >= 11 is 13.7. The molecule has 1 amide bonds. The van der Waals surface area contributed by atoms with Gasteiger partial charge in [0.2, 0.25) is 0 Å². The number of amides is 1. The van der Waals surface area contributed by atoms with Crippen LogP contribution in [0.3, 0.4) is 0 Å². The first-order valence-corrected chi connectivity index (χ1v) is 8.51. The number of H-pyrrole nitrogens is 1. The number of hydrogen-bond acceptors (Lipinski definition) is 4. The predicted octanol–water partition coefficient (Wildman–Crippen LogP) is 4.52. The molecule has 0 aliphatic heterocycles. The van der Waals surface area contributed by atoms with Gasteiger partial charge in [0.25, 0.3) is 5.91 Å². The fourth-order valence-electron chi connectivity index (χ4n) is 1.99. The summed E-state index contributed by atoms with van der Waals surface area (Å²) in [5, 5.41) is 11.6. The standard InChI is InChI=1S/C16H12Cl2N4OS/c1-9-5-6-15(24-9)13-7-14(21-20-13)16(23)22-19-8-10-11(17)3-2-4-12(10)18/h2-8H,1H3,(H,20,21)(H,22,23). The van der Waals surface area contributed by atoms with E-state index in [9.17, 15) is 4.79 Å². The smallest absolute Gasteiger partial charge is 0.276 e. The molecule has 2 N–H and O–H groups in total. The maximum atomic E-state index is 12.1. The third-order valence-corrected chi connectivity index (χ3v) is 4.87. The van der Waals surface area contributed by atoms with E-state index in [0.717, 1.165) is 10.6 Å². The number of aromatic amines is 1. The molecule has 0 fully saturated rings.